The molecule has 0 amide bonds. The monoisotopic (exact) mass is 838 g/mol. The fraction of sp³-hybridized carbons (Fsp3) is 0.881. The van der Waals surface area contributed by atoms with Gasteiger partial charge in [-0.1, -0.05) is 19.9 Å². The molecule has 17 heteroatoms. The molecule has 0 unspecified atom stereocenters. The molecule has 5 heterocycles. The van der Waals surface area contributed by atoms with Gasteiger partial charge in [0.05, 0.1) is 31.5 Å². The van der Waals surface area contributed by atoms with E-state index in [1.807, 2.05) is 6.92 Å². The van der Waals surface area contributed by atoms with Gasteiger partial charge in [0.1, 0.15) is 72.7 Å². The molecule has 2 spiro atoms. The van der Waals surface area contributed by atoms with E-state index in [0.29, 0.717) is 24.9 Å². The molecule has 0 bridgehead atoms. The van der Waals surface area contributed by atoms with E-state index in [-0.39, 0.29) is 34.1 Å². The number of aliphatic hydroxyl groups excluding tert-OH is 7. The molecule has 17 nitrogen and oxygen atoms in total. The predicted octanol–water partition coefficient (Wildman–Crippen LogP) is -0.132. The van der Waals surface area contributed by atoms with Gasteiger partial charge in [-0.15, -0.1) is 0 Å². The molecule has 9 aliphatic rings. The van der Waals surface area contributed by atoms with Crippen molar-refractivity contribution in [2.75, 3.05) is 26.9 Å². The Morgan fingerprint density at radius 2 is 1.56 bits per heavy atom. The first-order valence-electron chi connectivity index (χ1n) is 21.5. The second-order valence-corrected chi connectivity index (χ2v) is 19.0. The molecular formula is C42H62O17. The Hall–Kier alpha value is -1.65. The minimum atomic E-state index is -1.69. The van der Waals surface area contributed by atoms with E-state index in [4.69, 9.17) is 42.6 Å². The lowest BCUT2D eigenvalue weighted by Crippen LogP contribution is -2.63. The summed E-state index contributed by atoms with van der Waals surface area (Å²) in [6.07, 6.45) is -5.56. The number of aliphatic hydroxyl groups is 7. The van der Waals surface area contributed by atoms with Crippen LogP contribution in [0.15, 0.2) is 23.3 Å². The summed E-state index contributed by atoms with van der Waals surface area (Å²) in [6.45, 7) is 5.85. The number of hydrogen-bond acceptors (Lipinski definition) is 17. The highest BCUT2D eigenvalue weighted by Gasteiger charge is 2.85. The van der Waals surface area contributed by atoms with Gasteiger partial charge in [0.15, 0.2) is 18.9 Å². The zero-order chi connectivity index (χ0) is 41.8. The molecule has 7 N–H and O–H groups in total. The molecule has 3 saturated carbocycles. The van der Waals surface area contributed by atoms with Crippen LogP contribution in [0.3, 0.4) is 0 Å². The SMILES string of the molecule is CO[C@@H]1C[C@H](O[C@H]2CC[C@@]3(C)[C@H](CC[C@]45O[C@]46CC=C(C4=CC(=O)OC4)[C@@]6(C)CC[C@@H]35)C2)O[C@H](C)[C@H]1O[C@@H]1O[C@H](CO[C@@H]2O[C@H](CO)[C@@H](O)[C@H](O)[C@H]2O)[C@@H](O)[C@H](O)[C@H]1O. The Morgan fingerprint density at radius 1 is 0.831 bits per heavy atom. The summed E-state index contributed by atoms with van der Waals surface area (Å²) in [7, 11) is 1.55. The summed E-state index contributed by atoms with van der Waals surface area (Å²) < 4.78 is 54.4. The summed E-state index contributed by atoms with van der Waals surface area (Å²) in [6, 6.07) is 0. The van der Waals surface area contributed by atoms with E-state index < -0.39 is 99.2 Å². The Kier molecular flexibility index (Phi) is 11.2. The number of esters is 1. The third-order valence-electron chi connectivity index (χ3n) is 16.2. The van der Waals surface area contributed by atoms with Gasteiger partial charge >= 0.3 is 5.97 Å². The maximum atomic E-state index is 12.0. The van der Waals surface area contributed by atoms with E-state index in [1.54, 1.807) is 13.2 Å². The van der Waals surface area contributed by atoms with E-state index in [1.165, 1.54) is 5.57 Å². The molecule has 21 atom stereocenters. The van der Waals surface area contributed by atoms with Gasteiger partial charge in [0, 0.05) is 30.6 Å². The van der Waals surface area contributed by atoms with Crippen molar-refractivity contribution in [1.82, 2.24) is 0 Å². The Balaban J connectivity index is 0.797. The number of fused-ring (bicyclic) bond motifs is 2. The van der Waals surface area contributed by atoms with Crippen LogP contribution >= 0.6 is 0 Å². The molecule has 9 rings (SSSR count). The van der Waals surface area contributed by atoms with Gasteiger partial charge in [-0.05, 0) is 81.1 Å². The summed E-state index contributed by atoms with van der Waals surface area (Å²) in [5.41, 5.74) is 1.87. The van der Waals surface area contributed by atoms with Crippen molar-refractivity contribution in [1.29, 1.82) is 0 Å². The lowest BCUT2D eigenvalue weighted by molar-refractivity contribution is -0.355. The molecule has 0 radical (unpaired) electrons. The van der Waals surface area contributed by atoms with Crippen molar-refractivity contribution in [2.24, 2.45) is 22.7 Å². The van der Waals surface area contributed by atoms with E-state index in [2.05, 4.69) is 19.9 Å². The maximum Gasteiger partial charge on any atom is 0.331 e. The second kappa shape index (κ2) is 15.6. The van der Waals surface area contributed by atoms with Crippen LogP contribution in [0.4, 0.5) is 0 Å². The molecule has 7 fully saturated rings. The average Bonchev–Trinajstić information content (AvgIpc) is 3.53. The predicted molar refractivity (Wildman–Crippen MR) is 200 cm³/mol. The number of epoxide rings is 1. The molecule has 4 aliphatic carbocycles. The maximum absolute atomic E-state index is 12.0. The van der Waals surface area contributed by atoms with Crippen molar-refractivity contribution in [2.45, 2.75) is 182 Å². The van der Waals surface area contributed by atoms with Crippen molar-refractivity contribution >= 4 is 5.97 Å². The summed E-state index contributed by atoms with van der Waals surface area (Å²) in [5, 5.41) is 72.4. The van der Waals surface area contributed by atoms with Gasteiger partial charge in [0.25, 0.3) is 0 Å². The van der Waals surface area contributed by atoms with Gasteiger partial charge in [0.2, 0.25) is 0 Å². The van der Waals surface area contributed by atoms with Crippen LogP contribution in [-0.2, 0) is 47.4 Å². The van der Waals surface area contributed by atoms with E-state index >= 15 is 0 Å². The number of hydrogen-bond donors (Lipinski definition) is 7. The first-order valence-corrected chi connectivity index (χ1v) is 21.5. The van der Waals surface area contributed by atoms with Gasteiger partial charge in [-0.25, -0.2) is 4.79 Å². The average molecular weight is 839 g/mol. The zero-order valence-corrected chi connectivity index (χ0v) is 34.2. The van der Waals surface area contributed by atoms with Crippen LogP contribution in [-0.4, -0.2) is 172 Å². The Morgan fingerprint density at radius 3 is 2.27 bits per heavy atom. The number of carbonyl (C=O) groups is 1. The first kappa shape index (κ1) is 42.6. The molecule has 0 aromatic rings. The van der Waals surface area contributed by atoms with Crippen LogP contribution in [0.5, 0.6) is 0 Å². The van der Waals surface area contributed by atoms with Crippen LogP contribution < -0.4 is 0 Å². The highest BCUT2D eigenvalue weighted by molar-refractivity contribution is 5.87. The molecular weight excluding hydrogens is 776 g/mol. The third-order valence-corrected chi connectivity index (χ3v) is 16.2. The molecule has 5 aliphatic heterocycles. The van der Waals surface area contributed by atoms with Crippen LogP contribution in [0.2, 0.25) is 0 Å². The number of ether oxygens (including phenoxy) is 9. The highest BCUT2D eigenvalue weighted by Crippen LogP contribution is 2.80. The molecule has 59 heavy (non-hydrogen) atoms. The van der Waals surface area contributed by atoms with Crippen LogP contribution in [0, 0.1) is 22.7 Å². The van der Waals surface area contributed by atoms with Crippen molar-refractivity contribution in [3.63, 3.8) is 0 Å². The standard InChI is InChI=1S/C42H62O17/c1-19-36(58-38-35(50)33(48)31(46)26(57-38)18-53-37-34(49)32(47)30(45)25(16-43)56-37)24(51-4)15-29(54-19)55-22-6-9-39(2)21(14-22)5-11-41-27(39)8-10-40(3)23(7-12-42(40,41)59-41)20-13-28(44)52-17-20/h7,13,19,21-22,24-27,29-38,43,45-50H,5-6,8-12,14-18H2,1-4H3/t19-,21-,22+,24-,25-,26-,27+,29+,30-,31-,32+,33+,34-,35-,36-,37-,38+,39+,40-,41-,42+/m1/s1. The largest absolute Gasteiger partial charge is 0.458 e. The fourth-order valence-electron chi connectivity index (χ4n) is 12.9. The van der Waals surface area contributed by atoms with Gasteiger partial charge < -0.3 is 78.4 Å². The molecule has 4 saturated heterocycles. The lowest BCUT2D eigenvalue weighted by atomic mass is 9.44. The summed E-state index contributed by atoms with van der Waals surface area (Å²) in [4.78, 5) is 12.0. The zero-order valence-electron chi connectivity index (χ0n) is 34.2. The highest BCUT2D eigenvalue weighted by atomic mass is 16.8. The summed E-state index contributed by atoms with van der Waals surface area (Å²) in [5.74, 6) is 0.660. The second-order valence-electron chi connectivity index (χ2n) is 19.0. The number of methoxy groups -OCH3 is 1. The normalized spacial score (nSPS) is 54.3. The Bertz CT molecular complexity index is 1660. The van der Waals surface area contributed by atoms with Crippen molar-refractivity contribution < 1.29 is 83.2 Å². The molecule has 332 valence electrons. The molecule has 0 aromatic carbocycles. The number of cyclic esters (lactones) is 1. The van der Waals surface area contributed by atoms with Crippen molar-refractivity contribution in [3.8, 4) is 0 Å². The quantitative estimate of drug-likeness (QED) is 0.0861. The van der Waals surface area contributed by atoms with E-state index in [0.717, 1.165) is 56.9 Å². The Labute approximate surface area is 343 Å². The fourth-order valence-corrected chi connectivity index (χ4v) is 12.9. The smallest absolute Gasteiger partial charge is 0.331 e. The number of rotatable bonds is 10. The van der Waals surface area contributed by atoms with Gasteiger partial charge in [-0.2, -0.15) is 0 Å². The minimum Gasteiger partial charge on any atom is -0.458 e. The number of carbonyl (C=O) groups excluding carboxylic acids is 1. The van der Waals surface area contributed by atoms with Crippen molar-refractivity contribution in [3.05, 3.63) is 23.3 Å². The van der Waals surface area contributed by atoms with Gasteiger partial charge in [-0.3, -0.25) is 0 Å². The third kappa shape index (κ3) is 6.64. The lowest BCUT2D eigenvalue weighted by Gasteiger charge is -2.58. The topological polar surface area (TPSA) is 245 Å². The molecule has 0 aromatic heterocycles. The van der Waals surface area contributed by atoms with Crippen LogP contribution in [0.1, 0.15) is 78.6 Å². The van der Waals surface area contributed by atoms with Crippen LogP contribution in [0.25, 0.3) is 0 Å². The minimum absolute atomic E-state index is 0.00610. The first-order chi connectivity index (χ1) is 28.1. The summed E-state index contributed by atoms with van der Waals surface area (Å²) >= 11 is 0. The van der Waals surface area contributed by atoms with E-state index in [9.17, 15) is 40.5 Å².